The van der Waals surface area contributed by atoms with E-state index in [4.69, 9.17) is 0 Å². The number of hydrogen-bond acceptors (Lipinski definition) is 1. The number of carbonyl (C=O) groups excluding carboxylic acids is 1. The summed E-state index contributed by atoms with van der Waals surface area (Å²) in [6.45, 7) is 1.51. The van der Waals surface area contributed by atoms with Gasteiger partial charge in [-0.2, -0.15) is 0 Å². The van der Waals surface area contributed by atoms with Gasteiger partial charge in [0.05, 0.1) is 0 Å². The molecular weight excluding hydrogens is 247 g/mol. The van der Waals surface area contributed by atoms with Crippen molar-refractivity contribution in [3.05, 3.63) is 33.8 Å². The fourth-order valence-electron chi connectivity index (χ4n) is 1.26. The van der Waals surface area contributed by atoms with Gasteiger partial charge in [-0.3, -0.25) is 0 Å². The van der Waals surface area contributed by atoms with Gasteiger partial charge in [0.15, 0.2) is 0 Å². The molecule has 0 aliphatic carbocycles. The van der Waals surface area contributed by atoms with Crippen molar-refractivity contribution >= 4 is 22.2 Å². The quantitative estimate of drug-likeness (QED) is 0.755. The van der Waals surface area contributed by atoms with Crippen LogP contribution in [-0.2, 0) is 11.5 Å². The van der Waals surface area contributed by atoms with E-state index >= 15 is 0 Å². The van der Waals surface area contributed by atoms with Gasteiger partial charge in [-0.25, -0.2) is 4.39 Å². The normalized spacial score (nSPS) is 12.5. The van der Waals surface area contributed by atoms with Gasteiger partial charge in [-0.1, -0.05) is 35.0 Å². The Morgan fingerprint density at radius 3 is 2.79 bits per heavy atom. The minimum Gasteiger partial charge on any atom is -0.303 e. The third-order valence-electron chi connectivity index (χ3n) is 2.24. The second-order valence-electron chi connectivity index (χ2n) is 3.29. The maximum atomic E-state index is 12.4. The van der Waals surface area contributed by atoms with Crippen molar-refractivity contribution < 1.29 is 9.18 Å². The van der Waals surface area contributed by atoms with Crippen LogP contribution in [0.4, 0.5) is 4.39 Å². The van der Waals surface area contributed by atoms with Crippen molar-refractivity contribution in [2.24, 2.45) is 0 Å². The first-order valence-electron chi connectivity index (χ1n) is 4.47. The average Bonchev–Trinajstić information content (AvgIpc) is 2.18. The van der Waals surface area contributed by atoms with Crippen LogP contribution in [0.25, 0.3) is 0 Å². The molecule has 1 atom stereocenters. The third-order valence-corrected chi connectivity index (χ3v) is 2.98. The molecule has 76 valence electrons. The van der Waals surface area contributed by atoms with Crippen LogP contribution in [0.1, 0.15) is 30.4 Å². The van der Waals surface area contributed by atoms with E-state index in [0.29, 0.717) is 12.0 Å². The first kappa shape index (κ1) is 11.4. The van der Waals surface area contributed by atoms with Gasteiger partial charge in [-0.05, 0) is 23.1 Å². The molecule has 0 radical (unpaired) electrons. The lowest BCUT2D eigenvalue weighted by Gasteiger charge is -2.09. The maximum Gasteiger partial charge on any atom is 0.120 e. The molecule has 0 heterocycles. The molecule has 1 aromatic carbocycles. The van der Waals surface area contributed by atoms with Crippen molar-refractivity contribution in [1.82, 2.24) is 0 Å². The summed E-state index contributed by atoms with van der Waals surface area (Å²) in [4.78, 5) is 10.3. The first-order valence-corrected chi connectivity index (χ1v) is 5.26. The molecule has 0 fully saturated rings. The number of aldehydes is 1. The monoisotopic (exact) mass is 258 g/mol. The number of benzene rings is 1. The van der Waals surface area contributed by atoms with E-state index in [1.165, 1.54) is 0 Å². The van der Waals surface area contributed by atoms with Gasteiger partial charge in [0, 0.05) is 10.9 Å². The van der Waals surface area contributed by atoms with Crippen molar-refractivity contribution in [3.63, 3.8) is 0 Å². The van der Waals surface area contributed by atoms with Crippen LogP contribution in [0, 0.1) is 0 Å². The molecule has 0 saturated carbocycles. The number of halogens is 2. The maximum absolute atomic E-state index is 12.4. The molecule has 0 N–H and O–H groups in total. The lowest BCUT2D eigenvalue weighted by atomic mass is 9.98. The molecule has 1 unspecified atom stereocenters. The molecule has 0 aliphatic heterocycles. The SMILES string of the molecule is CC(CC=O)c1ccc(CF)c(Br)c1. The van der Waals surface area contributed by atoms with Gasteiger partial charge in [0.2, 0.25) is 0 Å². The summed E-state index contributed by atoms with van der Waals surface area (Å²) in [7, 11) is 0. The van der Waals surface area contributed by atoms with Crippen molar-refractivity contribution in [2.45, 2.75) is 25.9 Å². The second kappa shape index (κ2) is 5.25. The molecule has 0 amide bonds. The summed E-state index contributed by atoms with van der Waals surface area (Å²) < 4.78 is 13.2. The minimum atomic E-state index is -0.469. The molecule has 0 saturated heterocycles. The molecule has 0 aliphatic rings. The van der Waals surface area contributed by atoms with E-state index in [1.807, 2.05) is 19.1 Å². The van der Waals surface area contributed by atoms with Crippen LogP contribution >= 0.6 is 15.9 Å². The molecule has 0 spiro atoms. The topological polar surface area (TPSA) is 17.1 Å². The summed E-state index contributed by atoms with van der Waals surface area (Å²) in [5.41, 5.74) is 1.70. The molecule has 1 nitrogen and oxygen atoms in total. The van der Waals surface area contributed by atoms with Crippen LogP contribution in [0.5, 0.6) is 0 Å². The van der Waals surface area contributed by atoms with Crippen molar-refractivity contribution in [2.75, 3.05) is 0 Å². The Kier molecular flexibility index (Phi) is 4.26. The number of hydrogen-bond donors (Lipinski definition) is 0. The Labute approximate surface area is 91.5 Å². The summed E-state index contributed by atoms with van der Waals surface area (Å²) in [5, 5.41) is 0. The Bertz CT molecular complexity index is 325. The van der Waals surface area contributed by atoms with E-state index in [2.05, 4.69) is 15.9 Å². The van der Waals surface area contributed by atoms with E-state index in [-0.39, 0.29) is 5.92 Å². The lowest BCUT2D eigenvalue weighted by Crippen LogP contribution is -1.95. The van der Waals surface area contributed by atoms with Crippen molar-refractivity contribution in [3.8, 4) is 0 Å². The zero-order valence-electron chi connectivity index (χ0n) is 7.97. The fourth-order valence-corrected chi connectivity index (χ4v) is 1.76. The summed E-state index contributed by atoms with van der Waals surface area (Å²) in [6, 6.07) is 5.50. The second-order valence-corrected chi connectivity index (χ2v) is 4.14. The average molecular weight is 259 g/mol. The zero-order valence-corrected chi connectivity index (χ0v) is 9.55. The standard InChI is InChI=1S/C11H12BrFO/c1-8(4-5-14)9-2-3-10(7-13)11(12)6-9/h2-3,5-6,8H,4,7H2,1H3. The van der Waals surface area contributed by atoms with Gasteiger partial charge in [0.25, 0.3) is 0 Å². The lowest BCUT2D eigenvalue weighted by molar-refractivity contribution is -0.108. The Balaban J connectivity index is 2.90. The fraction of sp³-hybridized carbons (Fsp3) is 0.364. The zero-order chi connectivity index (χ0) is 10.6. The number of rotatable bonds is 4. The summed E-state index contributed by atoms with van der Waals surface area (Å²) >= 11 is 3.30. The summed E-state index contributed by atoms with van der Waals surface area (Å²) in [6.07, 6.45) is 1.41. The van der Waals surface area contributed by atoms with E-state index in [0.717, 1.165) is 16.3 Å². The van der Waals surface area contributed by atoms with E-state index in [9.17, 15) is 9.18 Å². The van der Waals surface area contributed by atoms with E-state index in [1.54, 1.807) is 6.07 Å². The molecule has 3 heteroatoms. The highest BCUT2D eigenvalue weighted by molar-refractivity contribution is 9.10. The minimum absolute atomic E-state index is 0.192. The molecule has 14 heavy (non-hydrogen) atoms. The smallest absolute Gasteiger partial charge is 0.120 e. The predicted molar refractivity (Wildman–Crippen MR) is 58.1 cm³/mol. The predicted octanol–water partition coefficient (Wildman–Crippen LogP) is 3.61. The molecule has 0 bridgehead atoms. The van der Waals surface area contributed by atoms with Gasteiger partial charge in [0.1, 0.15) is 13.0 Å². The highest BCUT2D eigenvalue weighted by Gasteiger charge is 2.07. The largest absolute Gasteiger partial charge is 0.303 e. The molecule has 1 aromatic rings. The van der Waals surface area contributed by atoms with Crippen LogP contribution in [0.3, 0.4) is 0 Å². The van der Waals surface area contributed by atoms with Gasteiger partial charge >= 0.3 is 0 Å². The van der Waals surface area contributed by atoms with Crippen LogP contribution in [0.15, 0.2) is 22.7 Å². The van der Waals surface area contributed by atoms with Crippen molar-refractivity contribution in [1.29, 1.82) is 0 Å². The highest BCUT2D eigenvalue weighted by atomic mass is 79.9. The highest BCUT2D eigenvalue weighted by Crippen LogP contribution is 2.25. The number of alkyl halides is 1. The van der Waals surface area contributed by atoms with Crippen LogP contribution in [0.2, 0.25) is 0 Å². The summed E-state index contributed by atoms with van der Waals surface area (Å²) in [5.74, 6) is 0.192. The Hall–Kier alpha value is -0.700. The first-order chi connectivity index (χ1) is 6.69. The van der Waals surface area contributed by atoms with Crippen LogP contribution in [-0.4, -0.2) is 6.29 Å². The molecule has 1 rings (SSSR count). The van der Waals surface area contributed by atoms with Gasteiger partial charge < -0.3 is 4.79 Å². The van der Waals surface area contributed by atoms with Gasteiger partial charge in [-0.15, -0.1) is 0 Å². The molecule has 0 aromatic heterocycles. The third kappa shape index (κ3) is 2.64. The number of carbonyl (C=O) groups is 1. The molecular formula is C11H12BrFO. The van der Waals surface area contributed by atoms with Crippen LogP contribution < -0.4 is 0 Å². The van der Waals surface area contributed by atoms with E-state index < -0.39 is 6.67 Å². The Morgan fingerprint density at radius 2 is 2.29 bits per heavy atom. The Morgan fingerprint density at radius 1 is 1.57 bits per heavy atom.